The Morgan fingerprint density at radius 2 is 2.00 bits per heavy atom. The summed E-state index contributed by atoms with van der Waals surface area (Å²) in [7, 11) is 1.07. The first-order valence-electron chi connectivity index (χ1n) is 5.37. The number of hydrogen-bond acceptors (Lipinski definition) is 4. The van der Waals surface area contributed by atoms with Crippen LogP contribution in [0.2, 0.25) is 0 Å². The van der Waals surface area contributed by atoms with Crippen molar-refractivity contribution in [2.75, 3.05) is 7.11 Å². The van der Waals surface area contributed by atoms with E-state index in [0.717, 1.165) is 23.8 Å². The van der Waals surface area contributed by atoms with Gasteiger partial charge in [0.15, 0.2) is 17.4 Å². The Bertz CT molecular complexity index is 722. The fraction of sp³-hybridized carbons (Fsp3) is 0.167. The number of ether oxygens (including phenoxy) is 1. The van der Waals surface area contributed by atoms with Crippen molar-refractivity contribution in [1.82, 2.24) is 4.57 Å². The number of carbonyl (C=O) groups is 2. The van der Waals surface area contributed by atoms with Crippen LogP contribution >= 0.6 is 0 Å². The van der Waals surface area contributed by atoms with E-state index in [-0.39, 0.29) is 16.6 Å². The monoisotopic (exact) mass is 285 g/mol. The first-order valence-corrected chi connectivity index (χ1v) is 5.37. The summed E-state index contributed by atoms with van der Waals surface area (Å²) in [6.45, 7) is -0.683. The molecule has 0 spiro atoms. The highest BCUT2D eigenvalue weighted by atomic mass is 19.1. The first-order chi connectivity index (χ1) is 9.36. The second-order valence-corrected chi connectivity index (χ2v) is 3.95. The topological polar surface area (TPSA) is 88.8 Å². The molecule has 0 bridgehead atoms. The molecule has 20 heavy (non-hydrogen) atoms. The standard InChI is InChI=1S/C12H9F2NO5/c1-20-12(19)8-2-5-7(15(8)4-9(16)17)3-6(13)11(18)10(5)14/h2-3,18H,4H2,1H3,(H,16,17). The fourth-order valence-electron chi connectivity index (χ4n) is 1.90. The maximum absolute atomic E-state index is 13.8. The minimum atomic E-state index is -1.30. The number of methoxy groups -OCH3 is 1. The normalized spacial score (nSPS) is 10.8. The molecule has 0 aliphatic carbocycles. The summed E-state index contributed by atoms with van der Waals surface area (Å²) in [5.74, 6) is -5.92. The lowest BCUT2D eigenvalue weighted by atomic mass is 10.2. The number of phenolic OH excluding ortho intramolecular Hbond substituents is 1. The molecule has 1 heterocycles. The number of esters is 1. The number of hydrogen-bond donors (Lipinski definition) is 2. The molecule has 2 aromatic rings. The first kappa shape index (κ1) is 13.8. The summed E-state index contributed by atoms with van der Waals surface area (Å²) >= 11 is 0. The molecular weight excluding hydrogens is 276 g/mol. The molecule has 1 aromatic heterocycles. The van der Waals surface area contributed by atoms with E-state index in [1.807, 2.05) is 0 Å². The second kappa shape index (κ2) is 4.80. The minimum absolute atomic E-state index is 0.166. The number of aromatic hydroxyl groups is 1. The van der Waals surface area contributed by atoms with Crippen LogP contribution in [-0.2, 0) is 16.1 Å². The van der Waals surface area contributed by atoms with Gasteiger partial charge in [-0.3, -0.25) is 4.79 Å². The molecule has 0 atom stereocenters. The number of halogens is 2. The molecule has 0 fully saturated rings. The van der Waals surface area contributed by atoms with Gasteiger partial charge in [0.2, 0.25) is 0 Å². The van der Waals surface area contributed by atoms with Gasteiger partial charge in [-0.15, -0.1) is 0 Å². The zero-order valence-corrected chi connectivity index (χ0v) is 10.2. The third-order valence-electron chi connectivity index (χ3n) is 2.76. The van der Waals surface area contributed by atoms with E-state index < -0.39 is 35.9 Å². The molecule has 0 aliphatic heterocycles. The Morgan fingerprint density at radius 3 is 2.55 bits per heavy atom. The highest BCUT2D eigenvalue weighted by Crippen LogP contribution is 2.31. The largest absolute Gasteiger partial charge is 0.503 e. The third kappa shape index (κ3) is 2.04. The summed E-state index contributed by atoms with van der Waals surface area (Å²) in [5, 5.41) is 17.7. The summed E-state index contributed by atoms with van der Waals surface area (Å²) in [6, 6.07) is 1.75. The highest BCUT2D eigenvalue weighted by Gasteiger charge is 2.23. The maximum atomic E-state index is 13.8. The van der Waals surface area contributed by atoms with Gasteiger partial charge < -0.3 is 19.5 Å². The molecule has 8 heteroatoms. The third-order valence-corrected chi connectivity index (χ3v) is 2.76. The lowest BCUT2D eigenvalue weighted by Gasteiger charge is -2.07. The number of aliphatic carboxylic acids is 1. The number of phenols is 1. The zero-order valence-electron chi connectivity index (χ0n) is 10.2. The van der Waals surface area contributed by atoms with Gasteiger partial charge in [0.1, 0.15) is 12.2 Å². The Kier molecular flexibility index (Phi) is 3.31. The van der Waals surface area contributed by atoms with Crippen LogP contribution in [0.1, 0.15) is 10.5 Å². The Morgan fingerprint density at radius 1 is 1.35 bits per heavy atom. The summed E-state index contributed by atoms with van der Waals surface area (Å²) in [6.07, 6.45) is 0. The number of rotatable bonds is 3. The average molecular weight is 285 g/mol. The lowest BCUT2D eigenvalue weighted by molar-refractivity contribution is -0.137. The summed E-state index contributed by atoms with van der Waals surface area (Å²) in [4.78, 5) is 22.4. The Balaban J connectivity index is 2.82. The second-order valence-electron chi connectivity index (χ2n) is 3.95. The maximum Gasteiger partial charge on any atom is 0.354 e. The molecule has 2 rings (SSSR count). The van der Waals surface area contributed by atoms with Crippen LogP contribution in [0.15, 0.2) is 12.1 Å². The van der Waals surface area contributed by atoms with Crippen molar-refractivity contribution in [2.24, 2.45) is 0 Å². The van der Waals surface area contributed by atoms with Gasteiger partial charge in [-0.25, -0.2) is 13.6 Å². The van der Waals surface area contributed by atoms with Crippen LogP contribution < -0.4 is 0 Å². The molecule has 0 amide bonds. The van der Waals surface area contributed by atoms with E-state index in [2.05, 4.69) is 4.74 Å². The van der Waals surface area contributed by atoms with Gasteiger partial charge >= 0.3 is 11.9 Å². The smallest absolute Gasteiger partial charge is 0.354 e. The number of benzene rings is 1. The van der Waals surface area contributed by atoms with E-state index in [9.17, 15) is 23.5 Å². The van der Waals surface area contributed by atoms with Crippen molar-refractivity contribution in [3.63, 3.8) is 0 Å². The number of carboxylic acid groups (broad SMARTS) is 1. The van der Waals surface area contributed by atoms with Gasteiger partial charge in [0.25, 0.3) is 0 Å². The molecule has 0 saturated heterocycles. The molecule has 6 nitrogen and oxygen atoms in total. The summed E-state index contributed by atoms with van der Waals surface area (Å²) in [5.41, 5.74) is -0.422. The molecule has 1 aromatic carbocycles. The van der Waals surface area contributed by atoms with Crippen LogP contribution in [-0.4, -0.2) is 33.8 Å². The van der Waals surface area contributed by atoms with Crippen molar-refractivity contribution in [1.29, 1.82) is 0 Å². The molecule has 2 N–H and O–H groups in total. The molecule has 0 unspecified atom stereocenters. The highest BCUT2D eigenvalue weighted by molar-refractivity contribution is 5.97. The molecule has 0 saturated carbocycles. The van der Waals surface area contributed by atoms with E-state index in [0.29, 0.717) is 0 Å². The molecule has 0 radical (unpaired) electrons. The number of fused-ring (bicyclic) bond motifs is 1. The average Bonchev–Trinajstić information content (AvgIpc) is 2.74. The van der Waals surface area contributed by atoms with E-state index >= 15 is 0 Å². The number of aromatic nitrogens is 1. The van der Waals surface area contributed by atoms with Crippen LogP contribution in [0, 0.1) is 11.6 Å². The van der Waals surface area contributed by atoms with Crippen LogP contribution in [0.5, 0.6) is 5.75 Å². The van der Waals surface area contributed by atoms with E-state index in [1.54, 1.807) is 0 Å². The van der Waals surface area contributed by atoms with Crippen molar-refractivity contribution < 1.29 is 33.3 Å². The fourth-order valence-corrected chi connectivity index (χ4v) is 1.90. The van der Waals surface area contributed by atoms with Gasteiger partial charge in [0, 0.05) is 11.5 Å². The number of carboxylic acids is 1. The van der Waals surface area contributed by atoms with Gasteiger partial charge in [-0.05, 0) is 6.07 Å². The van der Waals surface area contributed by atoms with Crippen LogP contribution in [0.3, 0.4) is 0 Å². The minimum Gasteiger partial charge on any atom is -0.503 e. The van der Waals surface area contributed by atoms with Gasteiger partial charge in [-0.1, -0.05) is 0 Å². The van der Waals surface area contributed by atoms with Crippen molar-refractivity contribution in [2.45, 2.75) is 6.54 Å². The predicted molar refractivity (Wildman–Crippen MR) is 62.5 cm³/mol. The van der Waals surface area contributed by atoms with Crippen LogP contribution in [0.4, 0.5) is 8.78 Å². The SMILES string of the molecule is COC(=O)c1cc2c(F)c(O)c(F)cc2n1CC(=O)O. The lowest BCUT2D eigenvalue weighted by Crippen LogP contribution is -2.15. The number of nitrogens with zero attached hydrogens (tertiary/aromatic N) is 1. The summed E-state index contributed by atoms with van der Waals surface area (Å²) < 4.78 is 32.5. The quantitative estimate of drug-likeness (QED) is 0.834. The molecule has 0 aliphatic rings. The van der Waals surface area contributed by atoms with Crippen molar-refractivity contribution in [3.05, 3.63) is 29.5 Å². The van der Waals surface area contributed by atoms with Crippen molar-refractivity contribution >= 4 is 22.8 Å². The van der Waals surface area contributed by atoms with Gasteiger partial charge in [-0.2, -0.15) is 0 Å². The van der Waals surface area contributed by atoms with Crippen molar-refractivity contribution in [3.8, 4) is 5.75 Å². The van der Waals surface area contributed by atoms with E-state index in [4.69, 9.17) is 5.11 Å². The Hall–Kier alpha value is -2.64. The van der Waals surface area contributed by atoms with E-state index in [1.165, 1.54) is 0 Å². The molecule has 106 valence electrons. The predicted octanol–water partition coefficient (Wildman–Crippen LogP) is 1.50. The van der Waals surface area contributed by atoms with Gasteiger partial charge in [0.05, 0.1) is 12.6 Å². The zero-order chi connectivity index (χ0) is 15.0. The van der Waals surface area contributed by atoms with Crippen LogP contribution in [0.25, 0.3) is 10.9 Å². The number of carbonyl (C=O) groups excluding carboxylic acids is 1. The Labute approximate surface area is 110 Å². The molecular formula is C12H9F2NO5.